The van der Waals surface area contributed by atoms with E-state index in [0.717, 1.165) is 11.0 Å². The second-order valence-corrected chi connectivity index (χ2v) is 6.71. The predicted molar refractivity (Wildman–Crippen MR) is 79.0 cm³/mol. The SMILES string of the molecule is CC(C)n1ncc(Br)c1C(=O)C1CN2CCCC2CO1. The van der Waals surface area contributed by atoms with Crippen molar-refractivity contribution in [2.24, 2.45) is 0 Å². The molecular formula is C14H20BrN3O2. The van der Waals surface area contributed by atoms with E-state index in [9.17, 15) is 4.79 Å². The zero-order chi connectivity index (χ0) is 14.3. The zero-order valence-corrected chi connectivity index (χ0v) is 13.5. The largest absolute Gasteiger partial charge is 0.367 e. The molecule has 2 fully saturated rings. The number of carbonyl (C=O) groups is 1. The Morgan fingerprint density at radius 2 is 2.35 bits per heavy atom. The fourth-order valence-electron chi connectivity index (χ4n) is 3.09. The fraction of sp³-hybridized carbons (Fsp3) is 0.714. The van der Waals surface area contributed by atoms with Crippen LogP contribution in [0.15, 0.2) is 10.7 Å². The van der Waals surface area contributed by atoms with Gasteiger partial charge in [0.05, 0.1) is 17.3 Å². The van der Waals surface area contributed by atoms with Crippen molar-refractivity contribution in [1.29, 1.82) is 0 Å². The van der Waals surface area contributed by atoms with Crippen molar-refractivity contribution in [2.45, 2.75) is 44.9 Å². The lowest BCUT2D eigenvalue weighted by atomic mass is 10.1. The van der Waals surface area contributed by atoms with Gasteiger partial charge in [-0.3, -0.25) is 14.4 Å². The Morgan fingerprint density at radius 3 is 3.10 bits per heavy atom. The maximum Gasteiger partial charge on any atom is 0.211 e. The maximum atomic E-state index is 12.8. The zero-order valence-electron chi connectivity index (χ0n) is 11.9. The van der Waals surface area contributed by atoms with Gasteiger partial charge >= 0.3 is 0 Å². The summed E-state index contributed by atoms with van der Waals surface area (Å²) in [6.45, 7) is 6.51. The molecule has 20 heavy (non-hydrogen) atoms. The van der Waals surface area contributed by atoms with Gasteiger partial charge in [0, 0.05) is 18.6 Å². The van der Waals surface area contributed by atoms with E-state index >= 15 is 0 Å². The van der Waals surface area contributed by atoms with Gasteiger partial charge in [-0.1, -0.05) is 0 Å². The molecule has 3 heterocycles. The lowest BCUT2D eigenvalue weighted by Gasteiger charge is -2.34. The van der Waals surface area contributed by atoms with Crippen molar-refractivity contribution in [3.05, 3.63) is 16.4 Å². The van der Waals surface area contributed by atoms with Crippen LogP contribution in [0, 0.1) is 0 Å². The molecule has 2 saturated heterocycles. The molecule has 2 aliphatic heterocycles. The van der Waals surface area contributed by atoms with Crippen molar-refractivity contribution >= 4 is 21.7 Å². The Labute approximate surface area is 127 Å². The van der Waals surface area contributed by atoms with Gasteiger partial charge in [0.2, 0.25) is 5.78 Å². The third kappa shape index (κ3) is 2.44. The van der Waals surface area contributed by atoms with Crippen molar-refractivity contribution in [1.82, 2.24) is 14.7 Å². The molecule has 0 aliphatic carbocycles. The molecule has 6 heteroatoms. The summed E-state index contributed by atoms with van der Waals surface area (Å²) in [5.74, 6) is 0.0356. The lowest BCUT2D eigenvalue weighted by molar-refractivity contribution is -0.0349. The highest BCUT2D eigenvalue weighted by Gasteiger charge is 2.37. The molecule has 0 N–H and O–H groups in total. The van der Waals surface area contributed by atoms with Crippen LogP contribution in [0.4, 0.5) is 0 Å². The van der Waals surface area contributed by atoms with Crippen molar-refractivity contribution in [3.8, 4) is 0 Å². The number of rotatable bonds is 3. The summed E-state index contributed by atoms with van der Waals surface area (Å²) in [6.07, 6.45) is 3.72. The Kier molecular flexibility index (Phi) is 3.97. The number of fused-ring (bicyclic) bond motifs is 1. The van der Waals surface area contributed by atoms with Gasteiger partial charge in [-0.05, 0) is 49.2 Å². The van der Waals surface area contributed by atoms with Gasteiger partial charge in [-0.25, -0.2) is 0 Å². The van der Waals surface area contributed by atoms with Gasteiger partial charge in [0.15, 0.2) is 0 Å². The van der Waals surface area contributed by atoms with Gasteiger partial charge in [-0.2, -0.15) is 5.10 Å². The molecular weight excluding hydrogens is 322 g/mol. The van der Waals surface area contributed by atoms with Crippen LogP contribution >= 0.6 is 15.9 Å². The van der Waals surface area contributed by atoms with Crippen LogP contribution in [0.25, 0.3) is 0 Å². The van der Waals surface area contributed by atoms with Crippen LogP contribution in [-0.4, -0.2) is 52.3 Å². The van der Waals surface area contributed by atoms with Gasteiger partial charge < -0.3 is 4.74 Å². The Morgan fingerprint density at radius 1 is 1.55 bits per heavy atom. The minimum absolute atomic E-state index is 0.0356. The fourth-order valence-corrected chi connectivity index (χ4v) is 3.56. The highest BCUT2D eigenvalue weighted by molar-refractivity contribution is 9.10. The molecule has 5 nitrogen and oxygen atoms in total. The first-order chi connectivity index (χ1) is 9.58. The molecule has 0 aromatic carbocycles. The number of nitrogens with zero attached hydrogens (tertiary/aromatic N) is 3. The van der Waals surface area contributed by atoms with E-state index in [0.29, 0.717) is 24.9 Å². The molecule has 110 valence electrons. The Balaban J connectivity index is 1.81. The smallest absolute Gasteiger partial charge is 0.211 e. The number of hydrogen-bond donors (Lipinski definition) is 0. The first-order valence-electron chi connectivity index (χ1n) is 7.20. The van der Waals surface area contributed by atoms with Crippen LogP contribution in [-0.2, 0) is 4.74 Å². The number of Topliss-reactive ketones (excluding diaryl/α,β-unsaturated/α-hetero) is 1. The third-order valence-electron chi connectivity index (χ3n) is 4.15. The van der Waals surface area contributed by atoms with E-state index < -0.39 is 0 Å². The summed E-state index contributed by atoms with van der Waals surface area (Å²) in [4.78, 5) is 15.1. The number of morpholine rings is 1. The van der Waals surface area contributed by atoms with Gasteiger partial charge in [-0.15, -0.1) is 0 Å². The number of ketones is 1. The first-order valence-corrected chi connectivity index (χ1v) is 8.00. The van der Waals surface area contributed by atoms with E-state index in [1.54, 1.807) is 10.9 Å². The summed E-state index contributed by atoms with van der Waals surface area (Å²) in [6, 6.07) is 0.667. The molecule has 0 amide bonds. The summed E-state index contributed by atoms with van der Waals surface area (Å²) < 4.78 is 8.34. The molecule has 0 spiro atoms. The molecule has 0 radical (unpaired) electrons. The molecule has 1 aromatic rings. The predicted octanol–water partition coefficient (Wildman–Crippen LogP) is 2.27. The molecule has 3 rings (SSSR count). The summed E-state index contributed by atoms with van der Waals surface area (Å²) in [5.41, 5.74) is 0.627. The second-order valence-electron chi connectivity index (χ2n) is 5.86. The minimum atomic E-state index is -0.366. The lowest BCUT2D eigenvalue weighted by Crippen LogP contribution is -2.49. The maximum absolute atomic E-state index is 12.8. The Hall–Kier alpha value is -0.720. The normalized spacial score (nSPS) is 27.0. The van der Waals surface area contributed by atoms with Gasteiger partial charge in [0.1, 0.15) is 11.8 Å². The molecule has 0 bridgehead atoms. The summed E-state index contributed by atoms with van der Waals surface area (Å²) in [5, 5.41) is 4.28. The third-order valence-corrected chi connectivity index (χ3v) is 4.74. The molecule has 0 saturated carbocycles. The van der Waals surface area contributed by atoms with E-state index in [2.05, 4.69) is 25.9 Å². The van der Waals surface area contributed by atoms with Crippen LogP contribution in [0.5, 0.6) is 0 Å². The molecule has 2 unspecified atom stereocenters. The van der Waals surface area contributed by atoms with E-state index in [-0.39, 0.29) is 17.9 Å². The van der Waals surface area contributed by atoms with Crippen molar-refractivity contribution in [3.63, 3.8) is 0 Å². The number of hydrogen-bond acceptors (Lipinski definition) is 4. The molecule has 2 atom stereocenters. The van der Waals surface area contributed by atoms with Crippen molar-refractivity contribution < 1.29 is 9.53 Å². The highest BCUT2D eigenvalue weighted by atomic mass is 79.9. The standard InChI is InChI=1S/C14H20BrN3O2/c1-9(2)18-13(11(15)6-16-18)14(19)12-7-17-5-3-4-10(17)8-20-12/h6,9-10,12H,3-5,7-8H2,1-2H3. The van der Waals surface area contributed by atoms with Crippen LogP contribution in [0.1, 0.15) is 43.2 Å². The Bertz CT molecular complexity index is 515. The average Bonchev–Trinajstić information content (AvgIpc) is 3.03. The topological polar surface area (TPSA) is 47.4 Å². The quantitative estimate of drug-likeness (QED) is 0.791. The average molecular weight is 342 g/mol. The number of carbonyl (C=O) groups excluding carboxylic acids is 1. The van der Waals surface area contributed by atoms with E-state index in [4.69, 9.17) is 4.74 Å². The monoisotopic (exact) mass is 341 g/mol. The van der Waals surface area contributed by atoms with Crippen molar-refractivity contribution in [2.75, 3.05) is 19.7 Å². The minimum Gasteiger partial charge on any atom is -0.367 e. The number of aromatic nitrogens is 2. The van der Waals surface area contributed by atoms with Crippen LogP contribution in [0.3, 0.4) is 0 Å². The number of ether oxygens (including phenoxy) is 1. The van der Waals surface area contributed by atoms with Gasteiger partial charge in [0.25, 0.3) is 0 Å². The van der Waals surface area contributed by atoms with E-state index in [1.165, 1.54) is 12.8 Å². The molecule has 2 aliphatic rings. The van der Waals surface area contributed by atoms with Crippen LogP contribution in [0.2, 0.25) is 0 Å². The highest BCUT2D eigenvalue weighted by Crippen LogP contribution is 2.27. The first kappa shape index (κ1) is 14.2. The summed E-state index contributed by atoms with van der Waals surface area (Å²) >= 11 is 3.44. The van der Waals surface area contributed by atoms with Crippen LogP contribution < -0.4 is 0 Å². The molecule has 1 aromatic heterocycles. The summed E-state index contributed by atoms with van der Waals surface area (Å²) in [7, 11) is 0. The van der Waals surface area contributed by atoms with E-state index in [1.807, 2.05) is 13.8 Å². The second kappa shape index (κ2) is 5.58. The number of halogens is 1.